The number of fused-ring (bicyclic) bond motifs is 4. The number of nitrogens with zero attached hydrogens (tertiary/aromatic N) is 8. The third-order valence-corrected chi connectivity index (χ3v) is 11.6. The van der Waals surface area contributed by atoms with E-state index in [4.69, 9.17) is 10.2 Å². The number of benzene rings is 4. The predicted molar refractivity (Wildman–Crippen MR) is 241 cm³/mol. The Balaban J connectivity index is 0.000000158. The number of carboxylic acid groups (broad SMARTS) is 2. The number of carboxylic acids is 2. The van der Waals surface area contributed by atoms with Crippen molar-refractivity contribution >= 4 is 79.8 Å². The standard InChI is InChI=1S/C25H22N4O2.C24H19FN4O2/c1-15-7-9-17(10-8-15)28(2)22-6-4-5-19-23(22)27-29(3)24(19)16-13-20-18(25(30)31)11-12-26-21(20)14-16;1-28(16-6-3-5-15(25)13-16)21-8-4-7-18-22(21)27-29(2)23(18)14-11-19-17(24(30)31)9-10-26-20(19)12-14/h4-12,14H,13H2,1-3H3,(H,30,31);3-10,12-13H,11H2,1-2H3,(H,30,31). The maximum atomic E-state index is 13.7. The Hall–Kier alpha value is -7.93. The summed E-state index contributed by atoms with van der Waals surface area (Å²) in [4.78, 5) is 36.0. The van der Waals surface area contributed by atoms with Gasteiger partial charge in [0, 0.05) is 75.6 Å². The van der Waals surface area contributed by atoms with E-state index in [9.17, 15) is 24.2 Å². The lowest BCUT2D eigenvalue weighted by atomic mass is 10.0. The number of halogens is 1. The molecule has 4 heterocycles. The molecule has 0 saturated heterocycles. The van der Waals surface area contributed by atoms with Crippen molar-refractivity contribution in [2.45, 2.75) is 19.8 Å². The van der Waals surface area contributed by atoms with E-state index in [1.165, 1.54) is 30.0 Å². The minimum atomic E-state index is -0.956. The third kappa shape index (κ3) is 6.92. The molecule has 0 unspecified atom stereocenters. The quantitative estimate of drug-likeness (QED) is 0.152. The van der Waals surface area contributed by atoms with E-state index in [0.717, 1.165) is 78.3 Å². The van der Waals surface area contributed by atoms with E-state index < -0.39 is 11.9 Å². The van der Waals surface area contributed by atoms with Crippen molar-refractivity contribution in [2.75, 3.05) is 23.9 Å². The Labute approximate surface area is 356 Å². The van der Waals surface area contributed by atoms with Crippen LogP contribution in [0.15, 0.2) is 109 Å². The van der Waals surface area contributed by atoms with Gasteiger partial charge in [-0.1, -0.05) is 48.0 Å². The summed E-state index contributed by atoms with van der Waals surface area (Å²) in [6.45, 7) is 2.08. The topological polar surface area (TPSA) is 142 Å². The van der Waals surface area contributed by atoms with E-state index in [-0.39, 0.29) is 11.4 Å². The fourth-order valence-electron chi connectivity index (χ4n) is 8.59. The van der Waals surface area contributed by atoms with E-state index in [1.807, 2.05) is 84.9 Å². The zero-order valence-corrected chi connectivity index (χ0v) is 34.6. The molecular weight excluding hydrogens is 784 g/mol. The Morgan fingerprint density at radius 3 is 1.56 bits per heavy atom. The number of rotatable bonds is 8. The summed E-state index contributed by atoms with van der Waals surface area (Å²) in [5.41, 5.74) is 13.9. The average molecular weight is 825 g/mol. The molecule has 10 rings (SSSR count). The molecule has 2 aliphatic rings. The van der Waals surface area contributed by atoms with Crippen LogP contribution >= 0.6 is 0 Å². The van der Waals surface area contributed by atoms with Crippen LogP contribution < -0.4 is 9.80 Å². The van der Waals surface area contributed by atoms with Gasteiger partial charge >= 0.3 is 11.9 Å². The molecule has 0 aliphatic heterocycles. The molecule has 308 valence electrons. The first-order chi connectivity index (χ1) is 29.9. The van der Waals surface area contributed by atoms with E-state index in [1.54, 1.807) is 18.3 Å². The van der Waals surface area contributed by atoms with Crippen molar-refractivity contribution in [2.24, 2.45) is 14.1 Å². The number of aromatic carboxylic acids is 2. The van der Waals surface area contributed by atoms with Gasteiger partial charge in [-0.25, -0.2) is 14.0 Å². The number of hydrogen-bond donors (Lipinski definition) is 2. The van der Waals surface area contributed by atoms with E-state index in [0.29, 0.717) is 29.7 Å². The molecule has 2 N–H and O–H groups in total. The minimum Gasteiger partial charge on any atom is -0.478 e. The average Bonchev–Trinajstić information content (AvgIpc) is 4.04. The number of pyridine rings is 2. The van der Waals surface area contributed by atoms with Gasteiger partial charge in [-0.2, -0.15) is 10.2 Å². The molecule has 0 spiro atoms. The van der Waals surface area contributed by atoms with Gasteiger partial charge in [-0.3, -0.25) is 19.3 Å². The molecule has 0 atom stereocenters. The Morgan fingerprint density at radius 2 is 1.10 bits per heavy atom. The Kier molecular flexibility index (Phi) is 9.94. The van der Waals surface area contributed by atoms with Crippen molar-refractivity contribution in [3.05, 3.63) is 166 Å². The van der Waals surface area contributed by atoms with Crippen LogP contribution in [0.3, 0.4) is 0 Å². The zero-order chi connectivity index (χ0) is 43.4. The van der Waals surface area contributed by atoms with Crippen LogP contribution in [0.2, 0.25) is 0 Å². The smallest absolute Gasteiger partial charge is 0.336 e. The van der Waals surface area contributed by atoms with Crippen LogP contribution in [0, 0.1) is 12.7 Å². The largest absolute Gasteiger partial charge is 0.478 e. The normalized spacial score (nSPS) is 12.7. The van der Waals surface area contributed by atoms with Gasteiger partial charge in [0.25, 0.3) is 0 Å². The lowest BCUT2D eigenvalue weighted by Gasteiger charge is -2.20. The summed E-state index contributed by atoms with van der Waals surface area (Å²) in [6.07, 6.45) is 7.99. The molecular formula is C49H41FN8O4. The molecule has 4 aromatic carbocycles. The van der Waals surface area contributed by atoms with Gasteiger partial charge in [0.2, 0.25) is 0 Å². The number of anilines is 4. The summed E-state index contributed by atoms with van der Waals surface area (Å²) >= 11 is 0. The maximum absolute atomic E-state index is 13.7. The Morgan fingerprint density at radius 1 is 0.629 bits per heavy atom. The number of hydrogen-bond acceptors (Lipinski definition) is 8. The van der Waals surface area contributed by atoms with Crippen LogP contribution in [0.25, 0.3) is 45.1 Å². The van der Waals surface area contributed by atoms with E-state index in [2.05, 4.69) is 58.2 Å². The molecule has 12 nitrogen and oxygen atoms in total. The highest BCUT2D eigenvalue weighted by molar-refractivity contribution is 6.05. The molecule has 8 aromatic rings. The summed E-state index contributed by atoms with van der Waals surface area (Å²) in [5, 5.41) is 30.6. The number of allylic oxidation sites excluding steroid dienone is 2. The van der Waals surface area contributed by atoms with Crippen molar-refractivity contribution in [3.63, 3.8) is 0 Å². The molecule has 13 heteroatoms. The van der Waals surface area contributed by atoms with Gasteiger partial charge in [0.1, 0.15) is 16.9 Å². The second-order valence-corrected chi connectivity index (χ2v) is 15.5. The molecule has 62 heavy (non-hydrogen) atoms. The highest BCUT2D eigenvalue weighted by Gasteiger charge is 2.27. The SMILES string of the molecule is CN(c1cccc(F)c1)c1cccc2c(C3=Cc4nccc(C(=O)O)c4C3)n(C)nc12.Cc1ccc(N(C)c2cccc3c(C4=Cc5nccc(C(=O)O)c5C4)n(C)nc23)cc1. The first-order valence-corrected chi connectivity index (χ1v) is 19.9. The van der Waals surface area contributed by atoms with E-state index >= 15 is 0 Å². The summed E-state index contributed by atoms with van der Waals surface area (Å²) < 4.78 is 17.4. The lowest BCUT2D eigenvalue weighted by molar-refractivity contribution is 0.0685. The summed E-state index contributed by atoms with van der Waals surface area (Å²) in [7, 11) is 7.73. The fourth-order valence-corrected chi connectivity index (χ4v) is 8.59. The van der Waals surface area contributed by atoms with Crippen LogP contribution in [0.5, 0.6) is 0 Å². The first-order valence-electron chi connectivity index (χ1n) is 19.9. The van der Waals surface area contributed by atoms with Crippen molar-refractivity contribution in [1.29, 1.82) is 0 Å². The van der Waals surface area contributed by atoms with Crippen molar-refractivity contribution in [1.82, 2.24) is 29.5 Å². The first kappa shape index (κ1) is 39.5. The van der Waals surface area contributed by atoms with Crippen molar-refractivity contribution < 1.29 is 24.2 Å². The van der Waals surface area contributed by atoms with Gasteiger partial charge in [0.05, 0.1) is 45.3 Å². The fraction of sp³-hybridized carbons (Fsp3) is 0.143. The summed E-state index contributed by atoms with van der Waals surface area (Å²) in [5.74, 6) is -2.18. The number of carbonyl (C=O) groups is 2. The predicted octanol–water partition coefficient (Wildman–Crippen LogP) is 9.51. The lowest BCUT2D eigenvalue weighted by Crippen LogP contribution is -2.10. The molecule has 0 saturated carbocycles. The molecule has 0 bridgehead atoms. The van der Waals surface area contributed by atoms with Gasteiger partial charge in [0.15, 0.2) is 0 Å². The van der Waals surface area contributed by atoms with Crippen LogP contribution in [0.4, 0.5) is 27.1 Å². The maximum Gasteiger partial charge on any atom is 0.336 e. The molecule has 0 amide bonds. The van der Waals surface area contributed by atoms with Crippen LogP contribution in [-0.2, 0) is 26.9 Å². The second kappa shape index (κ2) is 15.6. The number of aryl methyl sites for hydroxylation is 3. The Bertz CT molecular complexity index is 3180. The minimum absolute atomic E-state index is 0.272. The monoisotopic (exact) mass is 824 g/mol. The van der Waals surface area contributed by atoms with Crippen LogP contribution in [0.1, 0.15) is 60.2 Å². The third-order valence-electron chi connectivity index (χ3n) is 11.6. The summed E-state index contributed by atoms with van der Waals surface area (Å²) in [6, 6.07) is 30.0. The van der Waals surface area contributed by atoms with Gasteiger partial charge in [-0.15, -0.1) is 0 Å². The second-order valence-electron chi connectivity index (χ2n) is 15.5. The van der Waals surface area contributed by atoms with Crippen LogP contribution in [-0.4, -0.2) is 65.8 Å². The van der Waals surface area contributed by atoms with Crippen molar-refractivity contribution in [3.8, 4) is 0 Å². The highest BCUT2D eigenvalue weighted by Crippen LogP contribution is 2.40. The number of aromatic nitrogens is 6. The molecule has 4 aromatic heterocycles. The molecule has 2 aliphatic carbocycles. The van der Waals surface area contributed by atoms with Gasteiger partial charge in [-0.05, 0) is 95.9 Å². The van der Waals surface area contributed by atoms with Gasteiger partial charge < -0.3 is 20.0 Å². The highest BCUT2D eigenvalue weighted by atomic mass is 19.1. The molecule has 0 fully saturated rings. The zero-order valence-electron chi connectivity index (χ0n) is 34.6. The molecule has 0 radical (unpaired) electrons.